The molecule has 2 nitrogen and oxygen atoms in total. The molecule has 1 saturated carbocycles. The fraction of sp³-hybridized carbons (Fsp3) is 0.464. The highest BCUT2D eigenvalue weighted by atomic mass is 15.3. The maximum Gasteiger partial charge on any atom is 0.100 e. The Labute approximate surface area is 183 Å². The highest BCUT2D eigenvalue weighted by Crippen LogP contribution is 2.36. The standard InChI is InChI=1S/C28H38N2/c1-6-21(5)19-24(8-3)27-26(9-4)30(20-23-17-15-22(7-2)16-18-23)29-28(27)25-13-11-10-12-14-25/h6,8,10-14,19,22-23H,3,7,9,15-18,20H2,1-2,4-5H3/b21-6-,24-19+. The summed E-state index contributed by atoms with van der Waals surface area (Å²) in [5.41, 5.74) is 7.27. The van der Waals surface area contributed by atoms with Crippen molar-refractivity contribution in [3.8, 4) is 11.3 Å². The average molecular weight is 403 g/mol. The van der Waals surface area contributed by atoms with Gasteiger partial charge in [0.1, 0.15) is 5.69 Å². The van der Waals surface area contributed by atoms with Crippen molar-refractivity contribution < 1.29 is 0 Å². The van der Waals surface area contributed by atoms with Crippen LogP contribution in [0.25, 0.3) is 16.8 Å². The van der Waals surface area contributed by atoms with Gasteiger partial charge in [0.15, 0.2) is 0 Å². The van der Waals surface area contributed by atoms with Gasteiger partial charge in [-0.15, -0.1) is 0 Å². The van der Waals surface area contributed by atoms with E-state index < -0.39 is 0 Å². The summed E-state index contributed by atoms with van der Waals surface area (Å²) in [5.74, 6) is 1.67. The Balaban J connectivity index is 2.05. The number of benzene rings is 1. The van der Waals surface area contributed by atoms with E-state index >= 15 is 0 Å². The lowest BCUT2D eigenvalue weighted by Crippen LogP contribution is -2.20. The smallest absolute Gasteiger partial charge is 0.100 e. The summed E-state index contributed by atoms with van der Waals surface area (Å²) in [6.07, 6.45) is 14.1. The Bertz CT molecular complexity index is 890. The summed E-state index contributed by atoms with van der Waals surface area (Å²) in [6.45, 7) is 14.0. The normalized spacial score (nSPS) is 20.4. The van der Waals surface area contributed by atoms with Gasteiger partial charge in [0.2, 0.25) is 0 Å². The highest BCUT2D eigenvalue weighted by Gasteiger charge is 2.24. The average Bonchev–Trinajstić information content (AvgIpc) is 3.16. The monoisotopic (exact) mass is 402 g/mol. The molecule has 0 spiro atoms. The molecule has 1 heterocycles. The van der Waals surface area contributed by atoms with Gasteiger partial charge in [0.05, 0.1) is 0 Å². The zero-order valence-electron chi connectivity index (χ0n) is 19.3. The maximum atomic E-state index is 5.20. The molecular weight excluding hydrogens is 364 g/mol. The van der Waals surface area contributed by atoms with Gasteiger partial charge in [-0.05, 0) is 50.5 Å². The van der Waals surface area contributed by atoms with E-state index in [1.54, 1.807) is 0 Å². The van der Waals surface area contributed by atoms with Gasteiger partial charge in [-0.2, -0.15) is 5.10 Å². The van der Waals surface area contributed by atoms with Crippen LogP contribution >= 0.6 is 0 Å². The van der Waals surface area contributed by atoms with Gasteiger partial charge in [-0.25, -0.2) is 0 Å². The van der Waals surface area contributed by atoms with Gasteiger partial charge in [-0.1, -0.05) is 93.8 Å². The van der Waals surface area contributed by atoms with Crippen molar-refractivity contribution in [2.45, 2.75) is 72.8 Å². The fourth-order valence-electron chi connectivity index (χ4n) is 4.74. The molecule has 0 N–H and O–H groups in total. The van der Waals surface area contributed by atoms with E-state index in [1.165, 1.54) is 60.1 Å². The van der Waals surface area contributed by atoms with Crippen LogP contribution in [0.15, 0.2) is 60.7 Å². The summed E-state index contributed by atoms with van der Waals surface area (Å²) in [6, 6.07) is 10.6. The largest absolute Gasteiger partial charge is 0.268 e. The van der Waals surface area contributed by atoms with Gasteiger partial charge in [0.25, 0.3) is 0 Å². The van der Waals surface area contributed by atoms with Gasteiger partial charge >= 0.3 is 0 Å². The third-order valence-electron chi connectivity index (χ3n) is 6.76. The second kappa shape index (κ2) is 10.6. The van der Waals surface area contributed by atoms with Crippen molar-refractivity contribution in [3.05, 3.63) is 72.0 Å². The highest BCUT2D eigenvalue weighted by molar-refractivity contribution is 5.86. The first-order chi connectivity index (χ1) is 14.6. The van der Waals surface area contributed by atoms with E-state index in [1.807, 2.05) is 6.08 Å². The molecule has 1 aliphatic carbocycles. The van der Waals surface area contributed by atoms with Crippen LogP contribution in [0.3, 0.4) is 0 Å². The zero-order valence-corrected chi connectivity index (χ0v) is 19.3. The minimum absolute atomic E-state index is 0.739. The third kappa shape index (κ3) is 5.03. The molecule has 0 radical (unpaired) electrons. The molecule has 0 amide bonds. The van der Waals surface area contributed by atoms with Crippen LogP contribution in [0.5, 0.6) is 0 Å². The first kappa shape index (κ1) is 22.3. The van der Waals surface area contributed by atoms with Crippen LogP contribution in [-0.4, -0.2) is 9.78 Å². The van der Waals surface area contributed by atoms with Gasteiger partial charge < -0.3 is 0 Å². The first-order valence-electron chi connectivity index (χ1n) is 11.7. The van der Waals surface area contributed by atoms with Crippen molar-refractivity contribution in [3.63, 3.8) is 0 Å². The summed E-state index contributed by atoms with van der Waals surface area (Å²) >= 11 is 0. The summed E-state index contributed by atoms with van der Waals surface area (Å²) in [7, 11) is 0. The fourth-order valence-corrected chi connectivity index (χ4v) is 4.74. The topological polar surface area (TPSA) is 17.8 Å². The van der Waals surface area contributed by atoms with Gasteiger partial charge in [-0.3, -0.25) is 4.68 Å². The van der Waals surface area contributed by atoms with Crippen molar-refractivity contribution in [2.24, 2.45) is 11.8 Å². The number of nitrogens with zero attached hydrogens (tertiary/aromatic N) is 2. The molecule has 0 saturated heterocycles. The Morgan fingerprint density at radius 2 is 1.77 bits per heavy atom. The van der Waals surface area contributed by atoms with Crippen molar-refractivity contribution in [2.75, 3.05) is 0 Å². The molecule has 0 unspecified atom stereocenters. The summed E-state index contributed by atoms with van der Waals surface area (Å²) < 4.78 is 2.32. The number of hydrogen-bond donors (Lipinski definition) is 0. The Morgan fingerprint density at radius 3 is 2.33 bits per heavy atom. The van der Waals surface area contributed by atoms with Crippen molar-refractivity contribution in [1.29, 1.82) is 0 Å². The van der Waals surface area contributed by atoms with Crippen LogP contribution in [-0.2, 0) is 13.0 Å². The van der Waals surface area contributed by atoms with E-state index in [2.05, 4.69) is 81.4 Å². The molecule has 30 heavy (non-hydrogen) atoms. The second-order valence-corrected chi connectivity index (χ2v) is 8.70. The molecule has 1 aromatic heterocycles. The van der Waals surface area contributed by atoms with E-state index in [9.17, 15) is 0 Å². The van der Waals surface area contributed by atoms with E-state index in [4.69, 9.17) is 5.10 Å². The predicted molar refractivity (Wildman–Crippen MR) is 130 cm³/mol. The minimum atomic E-state index is 0.739. The number of rotatable bonds is 8. The number of aromatic nitrogens is 2. The van der Waals surface area contributed by atoms with Crippen molar-refractivity contribution in [1.82, 2.24) is 9.78 Å². The molecule has 1 fully saturated rings. The van der Waals surface area contributed by atoms with Crippen LogP contribution in [0, 0.1) is 11.8 Å². The predicted octanol–water partition coefficient (Wildman–Crippen LogP) is 7.86. The second-order valence-electron chi connectivity index (χ2n) is 8.70. The van der Waals surface area contributed by atoms with Crippen LogP contribution in [0.4, 0.5) is 0 Å². The Hall–Kier alpha value is -2.35. The van der Waals surface area contributed by atoms with Crippen LogP contribution in [0.1, 0.15) is 71.1 Å². The molecular formula is C28H38N2. The quantitative estimate of drug-likeness (QED) is 0.411. The van der Waals surface area contributed by atoms with Crippen molar-refractivity contribution >= 4 is 5.57 Å². The molecule has 0 aliphatic heterocycles. The Kier molecular flexibility index (Phi) is 7.90. The first-order valence-corrected chi connectivity index (χ1v) is 11.7. The molecule has 1 aliphatic rings. The molecule has 2 heteroatoms. The molecule has 160 valence electrons. The maximum absolute atomic E-state index is 5.20. The van der Waals surface area contributed by atoms with E-state index in [-0.39, 0.29) is 0 Å². The lowest BCUT2D eigenvalue weighted by atomic mass is 9.81. The summed E-state index contributed by atoms with van der Waals surface area (Å²) in [4.78, 5) is 0. The van der Waals surface area contributed by atoms with Crippen LogP contribution < -0.4 is 0 Å². The van der Waals surface area contributed by atoms with E-state index in [0.29, 0.717) is 0 Å². The molecule has 1 aromatic carbocycles. The minimum Gasteiger partial charge on any atom is -0.268 e. The van der Waals surface area contributed by atoms with Gasteiger partial charge in [0, 0.05) is 23.4 Å². The lowest BCUT2D eigenvalue weighted by molar-refractivity contribution is 0.240. The SMILES string of the molecule is C=C/C(=C\C(C)=C/C)c1c(-c2ccccc2)nn(CC2CCC(CC)CC2)c1CC. The Morgan fingerprint density at radius 1 is 1.10 bits per heavy atom. The molecule has 3 rings (SSSR count). The molecule has 2 aromatic rings. The lowest BCUT2D eigenvalue weighted by Gasteiger charge is -2.28. The third-order valence-corrected chi connectivity index (χ3v) is 6.76. The number of allylic oxidation sites excluding steroid dienone is 5. The summed E-state index contributed by atoms with van der Waals surface area (Å²) in [5, 5.41) is 5.20. The molecule has 0 atom stereocenters. The zero-order chi connectivity index (χ0) is 21.5. The molecule has 0 bridgehead atoms. The van der Waals surface area contributed by atoms with E-state index in [0.717, 1.165) is 30.5 Å². The van der Waals surface area contributed by atoms with Crippen LogP contribution in [0.2, 0.25) is 0 Å². The number of hydrogen-bond acceptors (Lipinski definition) is 1.